The van der Waals surface area contributed by atoms with Crippen LogP contribution < -0.4 is 5.32 Å². The Labute approximate surface area is 124 Å². The molecule has 0 amide bonds. The first-order valence-electron chi connectivity index (χ1n) is 7.19. The van der Waals surface area contributed by atoms with E-state index in [2.05, 4.69) is 5.32 Å². The van der Waals surface area contributed by atoms with Gasteiger partial charge in [-0.05, 0) is 38.8 Å². The topological polar surface area (TPSA) is 81.5 Å². The minimum atomic E-state index is -0.380. The number of esters is 1. The molecule has 21 heavy (non-hydrogen) atoms. The zero-order chi connectivity index (χ0) is 15.7. The van der Waals surface area contributed by atoms with E-state index in [0.29, 0.717) is 18.6 Å². The summed E-state index contributed by atoms with van der Waals surface area (Å²) < 4.78 is 4.85. The van der Waals surface area contributed by atoms with Crippen LogP contribution in [0, 0.1) is 17.0 Å². The third-order valence-electron chi connectivity index (χ3n) is 3.09. The molecular weight excluding hydrogens is 272 g/mol. The number of benzene rings is 1. The van der Waals surface area contributed by atoms with E-state index in [-0.39, 0.29) is 16.6 Å². The van der Waals surface area contributed by atoms with Gasteiger partial charge in [-0.1, -0.05) is 6.42 Å². The number of nitro benzene ring substituents is 1. The Balaban J connectivity index is 2.23. The first-order valence-corrected chi connectivity index (χ1v) is 7.19. The third kappa shape index (κ3) is 6.25. The summed E-state index contributed by atoms with van der Waals surface area (Å²) in [6, 6.07) is 5.00. The molecule has 0 aliphatic heterocycles. The van der Waals surface area contributed by atoms with Crippen molar-refractivity contribution in [3.63, 3.8) is 0 Å². The molecule has 1 aromatic rings. The highest BCUT2D eigenvalue weighted by Gasteiger charge is 2.09. The lowest BCUT2D eigenvalue weighted by molar-refractivity contribution is -0.385. The van der Waals surface area contributed by atoms with E-state index >= 15 is 0 Å². The van der Waals surface area contributed by atoms with Crippen LogP contribution in [-0.2, 0) is 9.53 Å². The average Bonchev–Trinajstić information content (AvgIpc) is 2.42. The van der Waals surface area contributed by atoms with Crippen LogP contribution >= 0.6 is 0 Å². The highest BCUT2D eigenvalue weighted by atomic mass is 16.6. The average molecular weight is 294 g/mol. The Morgan fingerprint density at radius 2 is 2.10 bits per heavy atom. The predicted octanol–water partition coefficient (Wildman–Crippen LogP) is 3.44. The Bertz CT molecular complexity index is 489. The van der Waals surface area contributed by atoms with Crippen LogP contribution in [0.2, 0.25) is 0 Å². The number of anilines is 1. The Kier molecular flexibility index (Phi) is 7.21. The fraction of sp³-hybridized carbons (Fsp3) is 0.533. The molecule has 0 bridgehead atoms. The maximum absolute atomic E-state index is 11.1. The largest absolute Gasteiger partial charge is 0.466 e. The SMILES string of the molecule is CCOC(=O)CCCCCNc1ccc([N+](=O)[O-])c(C)c1. The Morgan fingerprint density at radius 1 is 1.33 bits per heavy atom. The van der Waals surface area contributed by atoms with Crippen molar-refractivity contribution in [1.82, 2.24) is 0 Å². The molecule has 0 saturated carbocycles. The molecule has 1 N–H and O–H groups in total. The molecular formula is C15H22N2O4. The molecule has 0 unspecified atom stereocenters. The third-order valence-corrected chi connectivity index (χ3v) is 3.09. The van der Waals surface area contributed by atoms with Gasteiger partial charge in [0.05, 0.1) is 11.5 Å². The number of ether oxygens (including phenoxy) is 1. The lowest BCUT2D eigenvalue weighted by Gasteiger charge is -2.07. The molecule has 0 spiro atoms. The highest BCUT2D eigenvalue weighted by molar-refractivity contribution is 5.69. The molecule has 1 aromatic carbocycles. The molecule has 6 nitrogen and oxygen atoms in total. The lowest BCUT2D eigenvalue weighted by Crippen LogP contribution is -2.05. The first-order chi connectivity index (χ1) is 10.0. The van der Waals surface area contributed by atoms with Crippen LogP contribution in [-0.4, -0.2) is 24.0 Å². The minimum Gasteiger partial charge on any atom is -0.466 e. The van der Waals surface area contributed by atoms with Gasteiger partial charge in [0.2, 0.25) is 0 Å². The van der Waals surface area contributed by atoms with Crippen LogP contribution in [0.3, 0.4) is 0 Å². The molecule has 116 valence electrons. The van der Waals surface area contributed by atoms with Crippen molar-refractivity contribution in [3.8, 4) is 0 Å². The van der Waals surface area contributed by atoms with Gasteiger partial charge in [0, 0.05) is 30.3 Å². The molecule has 1 rings (SSSR count). The number of aryl methyl sites for hydroxylation is 1. The smallest absolute Gasteiger partial charge is 0.305 e. The second-order valence-electron chi connectivity index (χ2n) is 4.80. The number of carbonyl (C=O) groups is 1. The number of nitro groups is 1. The van der Waals surface area contributed by atoms with E-state index in [1.807, 2.05) is 0 Å². The van der Waals surface area contributed by atoms with Gasteiger partial charge >= 0.3 is 5.97 Å². The van der Waals surface area contributed by atoms with Crippen molar-refractivity contribution in [2.24, 2.45) is 0 Å². The van der Waals surface area contributed by atoms with Crippen molar-refractivity contribution >= 4 is 17.3 Å². The number of rotatable bonds is 9. The van der Waals surface area contributed by atoms with Gasteiger partial charge in [0.15, 0.2) is 0 Å². The number of carbonyl (C=O) groups excluding carboxylic acids is 1. The molecule has 0 aliphatic carbocycles. The van der Waals surface area contributed by atoms with Crippen LogP contribution in [0.1, 0.15) is 38.2 Å². The summed E-state index contributed by atoms with van der Waals surface area (Å²) in [6.45, 7) is 4.73. The van der Waals surface area contributed by atoms with Crippen LogP contribution in [0.5, 0.6) is 0 Å². The van der Waals surface area contributed by atoms with Crippen molar-refractivity contribution in [3.05, 3.63) is 33.9 Å². The summed E-state index contributed by atoms with van der Waals surface area (Å²) >= 11 is 0. The highest BCUT2D eigenvalue weighted by Crippen LogP contribution is 2.21. The van der Waals surface area contributed by atoms with Gasteiger partial charge in [0.1, 0.15) is 0 Å². The summed E-state index contributed by atoms with van der Waals surface area (Å²) in [6.07, 6.45) is 3.16. The molecule has 0 heterocycles. The van der Waals surface area contributed by atoms with Crippen LogP contribution in [0.4, 0.5) is 11.4 Å². The molecule has 0 aromatic heterocycles. The van der Waals surface area contributed by atoms with Gasteiger partial charge in [-0.15, -0.1) is 0 Å². The van der Waals surface area contributed by atoms with E-state index in [9.17, 15) is 14.9 Å². The predicted molar refractivity (Wildman–Crippen MR) is 81.4 cm³/mol. The lowest BCUT2D eigenvalue weighted by atomic mass is 10.1. The second-order valence-corrected chi connectivity index (χ2v) is 4.80. The van der Waals surface area contributed by atoms with E-state index < -0.39 is 0 Å². The normalized spacial score (nSPS) is 10.2. The maximum Gasteiger partial charge on any atom is 0.305 e. The number of unbranched alkanes of at least 4 members (excludes halogenated alkanes) is 2. The van der Waals surface area contributed by atoms with Crippen molar-refractivity contribution in [2.75, 3.05) is 18.5 Å². The molecule has 6 heteroatoms. The number of nitrogens with one attached hydrogen (secondary N) is 1. The van der Waals surface area contributed by atoms with Gasteiger partial charge in [-0.2, -0.15) is 0 Å². The van der Waals surface area contributed by atoms with Crippen LogP contribution in [0.25, 0.3) is 0 Å². The van der Waals surface area contributed by atoms with Crippen molar-refractivity contribution in [1.29, 1.82) is 0 Å². The summed E-state index contributed by atoms with van der Waals surface area (Å²) in [5, 5.41) is 13.9. The zero-order valence-electron chi connectivity index (χ0n) is 12.6. The van der Waals surface area contributed by atoms with Crippen molar-refractivity contribution < 1.29 is 14.5 Å². The number of nitrogens with zero attached hydrogens (tertiary/aromatic N) is 1. The summed E-state index contributed by atoms with van der Waals surface area (Å²) in [5.41, 5.74) is 1.66. The zero-order valence-corrected chi connectivity index (χ0v) is 12.6. The number of hydrogen-bond acceptors (Lipinski definition) is 5. The molecule has 0 aliphatic rings. The fourth-order valence-electron chi connectivity index (χ4n) is 2.01. The number of hydrogen-bond donors (Lipinski definition) is 1. The van der Waals surface area contributed by atoms with E-state index in [1.165, 1.54) is 6.07 Å². The Hall–Kier alpha value is -2.11. The van der Waals surface area contributed by atoms with E-state index in [1.54, 1.807) is 26.0 Å². The molecule has 0 atom stereocenters. The van der Waals surface area contributed by atoms with Gasteiger partial charge in [0.25, 0.3) is 5.69 Å². The van der Waals surface area contributed by atoms with Crippen LogP contribution in [0.15, 0.2) is 18.2 Å². The van der Waals surface area contributed by atoms with Gasteiger partial charge in [-0.3, -0.25) is 14.9 Å². The summed E-state index contributed by atoms with van der Waals surface area (Å²) in [4.78, 5) is 21.5. The monoisotopic (exact) mass is 294 g/mol. The fourth-order valence-corrected chi connectivity index (χ4v) is 2.01. The minimum absolute atomic E-state index is 0.134. The van der Waals surface area contributed by atoms with Crippen molar-refractivity contribution in [2.45, 2.75) is 39.5 Å². The molecule has 0 radical (unpaired) electrons. The van der Waals surface area contributed by atoms with E-state index in [4.69, 9.17) is 4.74 Å². The quantitative estimate of drug-likeness (QED) is 0.326. The van der Waals surface area contributed by atoms with E-state index in [0.717, 1.165) is 31.5 Å². The first kappa shape index (κ1) is 16.9. The van der Waals surface area contributed by atoms with Gasteiger partial charge < -0.3 is 10.1 Å². The maximum atomic E-state index is 11.1. The van der Waals surface area contributed by atoms with Gasteiger partial charge in [-0.25, -0.2) is 0 Å². The molecule has 0 fully saturated rings. The standard InChI is InChI=1S/C15H22N2O4/c1-3-21-15(18)7-5-4-6-10-16-13-8-9-14(17(19)20)12(2)11-13/h8-9,11,16H,3-7,10H2,1-2H3. The second kappa shape index (κ2) is 8.94. The summed E-state index contributed by atoms with van der Waals surface area (Å²) in [5.74, 6) is -0.142. The Morgan fingerprint density at radius 3 is 2.71 bits per heavy atom. The summed E-state index contributed by atoms with van der Waals surface area (Å²) in [7, 11) is 0. The molecule has 0 saturated heterocycles.